The molecule has 1 aliphatic rings. The molecule has 2 atom stereocenters. The average molecular weight is 247 g/mol. The molecule has 2 heteroatoms. The van der Waals surface area contributed by atoms with Gasteiger partial charge in [0, 0.05) is 12.2 Å². The van der Waals surface area contributed by atoms with Crippen LogP contribution < -0.4 is 5.32 Å². The van der Waals surface area contributed by atoms with Crippen LogP contribution in [0.25, 0.3) is 0 Å². The van der Waals surface area contributed by atoms with E-state index in [-0.39, 0.29) is 16.9 Å². The van der Waals surface area contributed by atoms with Gasteiger partial charge < -0.3 is 10.4 Å². The minimum absolute atomic E-state index is 0.156. The average Bonchev–Trinajstić information content (AvgIpc) is 2.24. The summed E-state index contributed by atoms with van der Waals surface area (Å²) in [6.45, 7) is 7.73. The summed E-state index contributed by atoms with van der Waals surface area (Å²) in [7, 11) is 0. The Hall–Kier alpha value is -1.02. The number of aliphatic hydroxyl groups is 1. The fourth-order valence-electron chi connectivity index (χ4n) is 3.58. The van der Waals surface area contributed by atoms with Crippen LogP contribution >= 0.6 is 0 Å². The van der Waals surface area contributed by atoms with E-state index >= 15 is 0 Å². The summed E-state index contributed by atoms with van der Waals surface area (Å²) in [5.41, 5.74) is 1.58. The zero-order chi connectivity index (χ0) is 13.2. The third kappa shape index (κ3) is 3.49. The normalized spacial score (nSPS) is 31.0. The highest BCUT2D eigenvalue weighted by Gasteiger charge is 2.40. The quantitative estimate of drug-likeness (QED) is 0.854. The van der Waals surface area contributed by atoms with Gasteiger partial charge in [-0.05, 0) is 42.2 Å². The van der Waals surface area contributed by atoms with Crippen LogP contribution in [-0.4, -0.2) is 17.8 Å². The monoisotopic (exact) mass is 247 g/mol. The van der Waals surface area contributed by atoms with Crippen LogP contribution in [0.4, 0.5) is 5.69 Å². The molecule has 1 saturated carbocycles. The van der Waals surface area contributed by atoms with Crippen molar-refractivity contribution in [3.8, 4) is 0 Å². The lowest BCUT2D eigenvalue weighted by Gasteiger charge is -2.45. The lowest BCUT2D eigenvalue weighted by Crippen LogP contribution is -2.42. The summed E-state index contributed by atoms with van der Waals surface area (Å²) < 4.78 is 0. The Bertz CT molecular complexity index is 387. The fourth-order valence-corrected chi connectivity index (χ4v) is 3.58. The van der Waals surface area contributed by atoms with Crippen molar-refractivity contribution < 1.29 is 5.11 Å². The Balaban J connectivity index is 1.99. The molecule has 2 N–H and O–H groups in total. The Morgan fingerprint density at radius 2 is 1.83 bits per heavy atom. The topological polar surface area (TPSA) is 32.3 Å². The van der Waals surface area contributed by atoms with Crippen LogP contribution in [0, 0.1) is 10.8 Å². The maximum atomic E-state index is 10.0. The summed E-state index contributed by atoms with van der Waals surface area (Å²) in [6, 6.07) is 10.3. The first-order valence-electron chi connectivity index (χ1n) is 6.86. The van der Waals surface area contributed by atoms with Gasteiger partial charge in [-0.1, -0.05) is 39.0 Å². The summed E-state index contributed by atoms with van der Waals surface area (Å²) in [4.78, 5) is 0. The molecule has 1 aliphatic carbocycles. The molecule has 100 valence electrons. The molecule has 18 heavy (non-hydrogen) atoms. The third-order valence-electron chi connectivity index (χ3n) is 3.92. The molecule has 0 heterocycles. The summed E-state index contributed by atoms with van der Waals surface area (Å²) in [5, 5.41) is 13.6. The highest BCUT2D eigenvalue weighted by molar-refractivity contribution is 5.42. The summed E-state index contributed by atoms with van der Waals surface area (Å²) in [6.07, 6.45) is 2.83. The molecule has 2 rings (SSSR count). The molecular weight excluding hydrogens is 222 g/mol. The summed E-state index contributed by atoms with van der Waals surface area (Å²) >= 11 is 0. The minimum atomic E-state index is -0.156. The van der Waals surface area contributed by atoms with E-state index < -0.39 is 0 Å². The van der Waals surface area contributed by atoms with Crippen LogP contribution in [0.5, 0.6) is 0 Å². The molecule has 0 spiro atoms. The highest BCUT2D eigenvalue weighted by Crippen LogP contribution is 2.46. The molecule has 2 unspecified atom stereocenters. The highest BCUT2D eigenvalue weighted by atomic mass is 16.3. The van der Waals surface area contributed by atoms with Gasteiger partial charge in [0.2, 0.25) is 0 Å². The molecule has 0 aromatic heterocycles. The lowest BCUT2D eigenvalue weighted by molar-refractivity contribution is -0.00317. The number of anilines is 1. The standard InChI is InChI=1S/C16H25NO/c1-15(2)9-14(18)10-16(3,11-15)12-17-13-7-5-4-6-8-13/h4-8,14,17-18H,9-12H2,1-3H3. The zero-order valence-corrected chi connectivity index (χ0v) is 11.7. The van der Waals surface area contributed by atoms with Crippen LogP contribution in [0.3, 0.4) is 0 Å². The van der Waals surface area contributed by atoms with E-state index in [1.807, 2.05) is 18.2 Å². The maximum absolute atomic E-state index is 10.0. The van der Waals surface area contributed by atoms with Crippen molar-refractivity contribution in [2.75, 3.05) is 11.9 Å². The van der Waals surface area contributed by atoms with Crippen LogP contribution in [-0.2, 0) is 0 Å². The molecule has 0 radical (unpaired) electrons. The largest absolute Gasteiger partial charge is 0.393 e. The van der Waals surface area contributed by atoms with Gasteiger partial charge in [-0.2, -0.15) is 0 Å². The molecule has 0 saturated heterocycles. The van der Waals surface area contributed by atoms with Crippen molar-refractivity contribution in [1.82, 2.24) is 0 Å². The first kappa shape index (κ1) is 13.4. The molecule has 0 bridgehead atoms. The molecule has 0 amide bonds. The van der Waals surface area contributed by atoms with Crippen molar-refractivity contribution in [2.45, 2.75) is 46.1 Å². The molecule has 1 aromatic carbocycles. The second-order valence-corrected chi connectivity index (χ2v) is 6.93. The van der Waals surface area contributed by atoms with Crippen molar-refractivity contribution in [3.05, 3.63) is 30.3 Å². The second-order valence-electron chi connectivity index (χ2n) is 6.93. The van der Waals surface area contributed by atoms with Crippen LogP contribution in [0.15, 0.2) is 30.3 Å². The zero-order valence-electron chi connectivity index (χ0n) is 11.7. The fraction of sp³-hybridized carbons (Fsp3) is 0.625. The second kappa shape index (κ2) is 4.93. The number of hydrogen-bond acceptors (Lipinski definition) is 2. The van der Waals surface area contributed by atoms with Gasteiger partial charge in [-0.3, -0.25) is 0 Å². The first-order chi connectivity index (χ1) is 8.39. The predicted octanol–water partition coefficient (Wildman–Crippen LogP) is 3.68. The minimum Gasteiger partial charge on any atom is -0.393 e. The van der Waals surface area contributed by atoms with Gasteiger partial charge in [0.25, 0.3) is 0 Å². The number of rotatable bonds is 3. The van der Waals surface area contributed by atoms with Gasteiger partial charge in [-0.25, -0.2) is 0 Å². The van der Waals surface area contributed by atoms with Gasteiger partial charge in [0.1, 0.15) is 0 Å². The van der Waals surface area contributed by atoms with E-state index in [9.17, 15) is 5.11 Å². The number of nitrogens with one attached hydrogen (secondary N) is 1. The van der Waals surface area contributed by atoms with E-state index in [0.29, 0.717) is 0 Å². The SMILES string of the molecule is CC1(C)CC(O)CC(C)(CNc2ccccc2)C1. The summed E-state index contributed by atoms with van der Waals surface area (Å²) in [5.74, 6) is 0. The Labute approximate surface area is 110 Å². The smallest absolute Gasteiger partial charge is 0.0551 e. The lowest BCUT2D eigenvalue weighted by atomic mass is 9.63. The van der Waals surface area contributed by atoms with Gasteiger partial charge in [-0.15, -0.1) is 0 Å². The molecule has 1 fully saturated rings. The maximum Gasteiger partial charge on any atom is 0.0551 e. The molecule has 0 aliphatic heterocycles. The van der Waals surface area contributed by atoms with Gasteiger partial charge in [0.15, 0.2) is 0 Å². The van der Waals surface area contributed by atoms with Crippen LogP contribution in [0.1, 0.15) is 40.0 Å². The van der Waals surface area contributed by atoms with Crippen LogP contribution in [0.2, 0.25) is 0 Å². The van der Waals surface area contributed by atoms with Gasteiger partial charge >= 0.3 is 0 Å². The number of aliphatic hydroxyl groups excluding tert-OH is 1. The van der Waals surface area contributed by atoms with E-state index in [1.54, 1.807) is 0 Å². The number of hydrogen-bond donors (Lipinski definition) is 2. The molecular formula is C16H25NO. The van der Waals surface area contributed by atoms with E-state index in [1.165, 1.54) is 0 Å². The Morgan fingerprint density at radius 1 is 1.17 bits per heavy atom. The van der Waals surface area contributed by atoms with E-state index in [4.69, 9.17) is 0 Å². The van der Waals surface area contributed by atoms with Gasteiger partial charge in [0.05, 0.1) is 6.10 Å². The van der Waals surface area contributed by atoms with Crippen molar-refractivity contribution >= 4 is 5.69 Å². The van der Waals surface area contributed by atoms with Crippen molar-refractivity contribution in [1.29, 1.82) is 0 Å². The Kier molecular flexibility index (Phi) is 3.67. The van der Waals surface area contributed by atoms with E-state index in [2.05, 4.69) is 38.2 Å². The third-order valence-corrected chi connectivity index (χ3v) is 3.92. The van der Waals surface area contributed by atoms with Crippen molar-refractivity contribution in [2.24, 2.45) is 10.8 Å². The number of para-hydroxylation sites is 1. The first-order valence-corrected chi connectivity index (χ1v) is 6.86. The molecule has 1 aromatic rings. The van der Waals surface area contributed by atoms with E-state index in [0.717, 1.165) is 31.5 Å². The number of benzene rings is 1. The predicted molar refractivity (Wildman–Crippen MR) is 76.7 cm³/mol. The Morgan fingerprint density at radius 3 is 2.44 bits per heavy atom. The molecule has 2 nitrogen and oxygen atoms in total. The van der Waals surface area contributed by atoms with Crippen molar-refractivity contribution in [3.63, 3.8) is 0 Å².